The highest BCUT2D eigenvalue weighted by Gasteiger charge is 2.37. The van der Waals surface area contributed by atoms with Crippen molar-refractivity contribution in [1.29, 1.82) is 0 Å². The van der Waals surface area contributed by atoms with Crippen molar-refractivity contribution in [2.75, 3.05) is 34.4 Å². The normalized spacial score (nSPS) is 21.0. The van der Waals surface area contributed by atoms with Gasteiger partial charge in [-0.15, -0.1) is 0 Å². The van der Waals surface area contributed by atoms with E-state index in [-0.39, 0.29) is 19.5 Å². The van der Waals surface area contributed by atoms with Gasteiger partial charge in [-0.2, -0.15) is 0 Å². The smallest absolute Gasteiger partial charge is 0.335 e. The molecule has 2 atom stereocenters. The van der Waals surface area contributed by atoms with E-state index < -0.39 is 24.1 Å². The fourth-order valence-electron chi connectivity index (χ4n) is 2.86. The molecule has 25 heavy (non-hydrogen) atoms. The number of hydrogen-bond acceptors (Lipinski definition) is 7. The Hall–Kier alpha value is -2.38. The molecule has 7 heteroatoms. The fraction of sp³-hybridized carbons (Fsp3) is 0.444. The number of ether oxygens (including phenoxy) is 3. The number of aliphatic hydroxyl groups is 1. The Bertz CT molecular complexity index is 639. The summed E-state index contributed by atoms with van der Waals surface area (Å²) in [6, 6.07) is 6.63. The first-order valence-corrected chi connectivity index (χ1v) is 7.91. The van der Waals surface area contributed by atoms with Crippen molar-refractivity contribution >= 4 is 18.0 Å². The summed E-state index contributed by atoms with van der Waals surface area (Å²) < 4.78 is 14.8. The second-order valence-corrected chi connectivity index (χ2v) is 5.79. The number of likely N-dealkylation sites (tertiary alicyclic amines) is 1. The number of β-amino-alcohol motifs (C(OH)–C–C–N with tert-alkyl or cyclic N) is 1. The predicted molar refractivity (Wildman–Crippen MR) is 91.0 cm³/mol. The number of methoxy groups -OCH3 is 3. The van der Waals surface area contributed by atoms with Gasteiger partial charge in [0.25, 0.3) is 0 Å². The van der Waals surface area contributed by atoms with Crippen LogP contribution in [0.2, 0.25) is 0 Å². The summed E-state index contributed by atoms with van der Waals surface area (Å²) >= 11 is 0. The highest BCUT2D eigenvalue weighted by Crippen LogP contribution is 2.22. The van der Waals surface area contributed by atoms with Crippen LogP contribution in [0.25, 0.3) is 6.08 Å². The van der Waals surface area contributed by atoms with Crippen molar-refractivity contribution in [1.82, 2.24) is 4.90 Å². The van der Waals surface area contributed by atoms with Gasteiger partial charge in [0.15, 0.2) is 0 Å². The molecule has 7 nitrogen and oxygen atoms in total. The zero-order chi connectivity index (χ0) is 18.4. The highest BCUT2D eigenvalue weighted by molar-refractivity contribution is 5.94. The van der Waals surface area contributed by atoms with E-state index in [1.54, 1.807) is 30.2 Å². The van der Waals surface area contributed by atoms with Gasteiger partial charge in [-0.1, -0.05) is 12.1 Å². The zero-order valence-corrected chi connectivity index (χ0v) is 14.6. The Labute approximate surface area is 146 Å². The lowest BCUT2D eigenvalue weighted by atomic mass is 10.1. The van der Waals surface area contributed by atoms with E-state index in [0.29, 0.717) is 11.3 Å². The molecule has 0 unspecified atom stereocenters. The first kappa shape index (κ1) is 19.0. The number of nitrogens with zero attached hydrogens (tertiary/aromatic N) is 1. The van der Waals surface area contributed by atoms with Gasteiger partial charge in [-0.05, 0) is 23.8 Å². The summed E-state index contributed by atoms with van der Waals surface area (Å²) in [6.07, 6.45) is 1.34. The summed E-state index contributed by atoms with van der Waals surface area (Å²) in [5.74, 6) is -0.198. The van der Waals surface area contributed by atoms with Crippen molar-refractivity contribution < 1.29 is 28.9 Å². The van der Waals surface area contributed by atoms with E-state index in [9.17, 15) is 14.7 Å². The lowest BCUT2D eigenvalue weighted by Gasteiger charge is -2.22. The molecule has 2 rings (SSSR count). The van der Waals surface area contributed by atoms with E-state index in [1.807, 2.05) is 12.1 Å². The number of benzene rings is 1. The first-order chi connectivity index (χ1) is 12.0. The highest BCUT2D eigenvalue weighted by atomic mass is 16.5. The number of carbonyl (C=O) groups excluding carboxylic acids is 2. The average Bonchev–Trinajstić information content (AvgIpc) is 3.00. The summed E-state index contributed by atoms with van der Waals surface area (Å²) in [6.45, 7) is 0.465. The van der Waals surface area contributed by atoms with Gasteiger partial charge < -0.3 is 19.3 Å². The predicted octanol–water partition coefficient (Wildman–Crippen LogP) is 0.860. The van der Waals surface area contributed by atoms with Gasteiger partial charge in [0.05, 0.1) is 33.0 Å². The van der Waals surface area contributed by atoms with Crippen LogP contribution in [0.15, 0.2) is 29.8 Å². The maximum atomic E-state index is 12.1. The maximum absolute atomic E-state index is 12.1. The van der Waals surface area contributed by atoms with E-state index in [0.717, 1.165) is 5.56 Å². The molecule has 0 amide bonds. The quantitative estimate of drug-likeness (QED) is 0.602. The Kier molecular flexibility index (Phi) is 6.55. The van der Waals surface area contributed by atoms with Crippen molar-refractivity contribution in [2.24, 2.45) is 0 Å². The van der Waals surface area contributed by atoms with Crippen LogP contribution in [0, 0.1) is 0 Å². The van der Waals surface area contributed by atoms with Crippen molar-refractivity contribution in [3.8, 4) is 5.75 Å². The lowest BCUT2D eigenvalue weighted by Crippen LogP contribution is -2.39. The summed E-state index contributed by atoms with van der Waals surface area (Å²) in [5.41, 5.74) is 1.19. The molecule has 0 spiro atoms. The number of esters is 2. The number of carbonyl (C=O) groups is 2. The third-order valence-electron chi connectivity index (χ3n) is 4.13. The van der Waals surface area contributed by atoms with Crippen LogP contribution in [0.3, 0.4) is 0 Å². The number of hydrogen-bond donors (Lipinski definition) is 1. The molecule has 1 aromatic carbocycles. The lowest BCUT2D eigenvalue weighted by molar-refractivity contribution is -0.146. The zero-order valence-electron chi connectivity index (χ0n) is 14.6. The Morgan fingerprint density at radius 2 is 1.88 bits per heavy atom. The molecule has 1 saturated heterocycles. The molecule has 1 aliphatic heterocycles. The standard InChI is InChI=1S/C18H23NO6/c1-23-15-6-4-12(5-7-15)8-13(17(21)24-2)10-19-11-14(20)9-16(19)18(22)25-3/h4-8,14,16,20H,9-11H2,1-3H3/b13-8+/t14-,16+/m1/s1. The second kappa shape index (κ2) is 8.64. The second-order valence-electron chi connectivity index (χ2n) is 5.79. The van der Waals surface area contributed by atoms with Gasteiger partial charge in [0, 0.05) is 19.5 Å². The van der Waals surface area contributed by atoms with Crippen LogP contribution in [0.4, 0.5) is 0 Å². The van der Waals surface area contributed by atoms with Crippen molar-refractivity contribution in [2.45, 2.75) is 18.6 Å². The molecule has 0 bridgehead atoms. The molecule has 1 fully saturated rings. The molecule has 0 saturated carbocycles. The van der Waals surface area contributed by atoms with Gasteiger partial charge in [-0.3, -0.25) is 9.69 Å². The van der Waals surface area contributed by atoms with Crippen molar-refractivity contribution in [3.05, 3.63) is 35.4 Å². The summed E-state index contributed by atoms with van der Waals surface area (Å²) in [4.78, 5) is 25.8. The average molecular weight is 349 g/mol. The van der Waals surface area contributed by atoms with Gasteiger partial charge in [0.1, 0.15) is 11.8 Å². The third kappa shape index (κ3) is 4.80. The van der Waals surface area contributed by atoms with Crippen LogP contribution in [-0.2, 0) is 19.1 Å². The Morgan fingerprint density at radius 3 is 2.44 bits per heavy atom. The monoisotopic (exact) mass is 349 g/mol. The molecular formula is C18H23NO6. The van der Waals surface area contributed by atoms with E-state index in [2.05, 4.69) is 0 Å². The van der Waals surface area contributed by atoms with E-state index >= 15 is 0 Å². The minimum absolute atomic E-state index is 0.176. The molecule has 136 valence electrons. The van der Waals surface area contributed by atoms with E-state index in [1.165, 1.54) is 14.2 Å². The minimum Gasteiger partial charge on any atom is -0.497 e. The molecular weight excluding hydrogens is 326 g/mol. The molecule has 1 N–H and O–H groups in total. The van der Waals surface area contributed by atoms with E-state index in [4.69, 9.17) is 14.2 Å². The van der Waals surface area contributed by atoms with Crippen LogP contribution >= 0.6 is 0 Å². The summed E-state index contributed by atoms with van der Waals surface area (Å²) in [5, 5.41) is 9.87. The molecule has 1 aliphatic rings. The van der Waals surface area contributed by atoms with Crippen LogP contribution < -0.4 is 4.74 Å². The summed E-state index contributed by atoms with van der Waals surface area (Å²) in [7, 11) is 4.19. The van der Waals surface area contributed by atoms with Gasteiger partial charge >= 0.3 is 11.9 Å². The third-order valence-corrected chi connectivity index (χ3v) is 4.13. The minimum atomic E-state index is -0.635. The molecule has 0 radical (unpaired) electrons. The Balaban J connectivity index is 2.23. The SMILES string of the molecule is COC(=O)/C(=C/c1ccc(OC)cc1)CN1C[C@H](O)C[C@H]1C(=O)OC. The fourth-order valence-corrected chi connectivity index (χ4v) is 2.86. The number of aliphatic hydroxyl groups excluding tert-OH is 1. The van der Waals surface area contributed by atoms with Gasteiger partial charge in [0.2, 0.25) is 0 Å². The van der Waals surface area contributed by atoms with Crippen molar-refractivity contribution in [3.63, 3.8) is 0 Å². The maximum Gasteiger partial charge on any atom is 0.335 e. The Morgan fingerprint density at radius 1 is 1.20 bits per heavy atom. The van der Waals surface area contributed by atoms with Gasteiger partial charge in [-0.25, -0.2) is 4.79 Å². The molecule has 0 aromatic heterocycles. The number of rotatable bonds is 6. The van der Waals surface area contributed by atoms with Crippen LogP contribution in [0.1, 0.15) is 12.0 Å². The van der Waals surface area contributed by atoms with Crippen LogP contribution in [-0.4, -0.2) is 68.5 Å². The van der Waals surface area contributed by atoms with Crippen LogP contribution in [0.5, 0.6) is 5.75 Å². The molecule has 0 aliphatic carbocycles. The first-order valence-electron chi connectivity index (χ1n) is 7.91. The topological polar surface area (TPSA) is 85.3 Å². The molecule has 1 aromatic rings. The molecule has 1 heterocycles. The largest absolute Gasteiger partial charge is 0.497 e.